The summed E-state index contributed by atoms with van der Waals surface area (Å²) in [6.45, 7) is 1.53. The van der Waals surface area contributed by atoms with Gasteiger partial charge in [0.05, 0.1) is 17.0 Å². The summed E-state index contributed by atoms with van der Waals surface area (Å²) in [4.78, 5) is 2.13. The molecule has 1 saturated heterocycles. The van der Waals surface area contributed by atoms with Gasteiger partial charge in [-0.3, -0.25) is 0 Å². The van der Waals surface area contributed by atoms with E-state index in [9.17, 15) is 9.50 Å². The van der Waals surface area contributed by atoms with E-state index in [1.807, 2.05) is 0 Å². The summed E-state index contributed by atoms with van der Waals surface area (Å²) in [5.74, 6) is 0.0337. The summed E-state index contributed by atoms with van der Waals surface area (Å²) >= 11 is 0. The molecule has 2 unspecified atom stereocenters. The summed E-state index contributed by atoms with van der Waals surface area (Å²) in [5, 5.41) is 10.6. The third-order valence-electron chi connectivity index (χ3n) is 4.76. The van der Waals surface area contributed by atoms with Crippen LogP contribution in [0, 0.1) is 11.7 Å². The minimum atomic E-state index is -0.503. The van der Waals surface area contributed by atoms with Crippen LogP contribution in [0.1, 0.15) is 32.1 Å². The molecule has 0 aromatic heterocycles. The molecular weight excluding hydrogens is 243 g/mol. The molecule has 0 bridgehead atoms. The lowest BCUT2D eigenvalue weighted by Crippen LogP contribution is -2.53. The predicted molar refractivity (Wildman–Crippen MR) is 74.6 cm³/mol. The summed E-state index contributed by atoms with van der Waals surface area (Å²) in [7, 11) is 0. The first-order valence-corrected chi connectivity index (χ1v) is 7.11. The molecule has 3 nitrogen and oxygen atoms in total. The number of benzene rings is 1. The maximum Gasteiger partial charge on any atom is 0.125 e. The molecule has 3 rings (SSSR count). The lowest BCUT2D eigenvalue weighted by molar-refractivity contribution is -0.0612. The molecule has 1 aromatic carbocycles. The molecule has 0 amide bonds. The zero-order chi connectivity index (χ0) is 13.5. The second-order valence-corrected chi connectivity index (χ2v) is 5.95. The van der Waals surface area contributed by atoms with Crippen molar-refractivity contribution in [2.45, 2.75) is 37.7 Å². The van der Waals surface area contributed by atoms with Crippen LogP contribution >= 0.6 is 0 Å². The van der Waals surface area contributed by atoms with Crippen molar-refractivity contribution in [3.63, 3.8) is 0 Å². The second kappa shape index (κ2) is 4.67. The van der Waals surface area contributed by atoms with Gasteiger partial charge in [0.1, 0.15) is 5.82 Å². The number of rotatable bonds is 1. The Kier molecular flexibility index (Phi) is 3.13. The largest absolute Gasteiger partial charge is 0.397 e. The van der Waals surface area contributed by atoms with Crippen LogP contribution in [0.4, 0.5) is 15.8 Å². The SMILES string of the molecule is Nc1ccc(F)cc1N1CCC2(O)CCCCC2C1. The van der Waals surface area contributed by atoms with Gasteiger partial charge in [0.25, 0.3) is 0 Å². The van der Waals surface area contributed by atoms with Crippen LogP contribution in [-0.4, -0.2) is 23.8 Å². The van der Waals surface area contributed by atoms with Gasteiger partial charge in [0, 0.05) is 19.0 Å². The van der Waals surface area contributed by atoms with Crippen molar-refractivity contribution in [1.29, 1.82) is 0 Å². The van der Waals surface area contributed by atoms with E-state index in [-0.39, 0.29) is 11.7 Å². The van der Waals surface area contributed by atoms with Gasteiger partial charge in [-0.2, -0.15) is 0 Å². The average Bonchev–Trinajstić information content (AvgIpc) is 2.40. The maximum absolute atomic E-state index is 13.4. The van der Waals surface area contributed by atoms with Gasteiger partial charge in [-0.05, 0) is 37.5 Å². The molecule has 1 aliphatic heterocycles. The van der Waals surface area contributed by atoms with E-state index < -0.39 is 5.60 Å². The quantitative estimate of drug-likeness (QED) is 0.766. The minimum Gasteiger partial charge on any atom is -0.397 e. The van der Waals surface area contributed by atoms with Crippen molar-refractivity contribution in [1.82, 2.24) is 0 Å². The molecule has 4 heteroatoms. The number of hydrogen-bond acceptors (Lipinski definition) is 3. The fourth-order valence-electron chi connectivity index (χ4n) is 3.58. The van der Waals surface area contributed by atoms with Gasteiger partial charge in [0.2, 0.25) is 0 Å². The number of piperidine rings is 1. The van der Waals surface area contributed by atoms with Crippen molar-refractivity contribution in [3.05, 3.63) is 24.0 Å². The first-order valence-electron chi connectivity index (χ1n) is 7.11. The van der Waals surface area contributed by atoms with Crippen molar-refractivity contribution < 1.29 is 9.50 Å². The zero-order valence-electron chi connectivity index (χ0n) is 11.1. The molecule has 1 aromatic rings. The third-order valence-corrected chi connectivity index (χ3v) is 4.76. The Labute approximate surface area is 113 Å². The molecule has 2 atom stereocenters. The van der Waals surface area contributed by atoms with E-state index in [1.54, 1.807) is 6.07 Å². The van der Waals surface area contributed by atoms with Gasteiger partial charge >= 0.3 is 0 Å². The third kappa shape index (κ3) is 2.29. The number of fused-ring (bicyclic) bond motifs is 1. The Morgan fingerprint density at radius 3 is 3.00 bits per heavy atom. The summed E-state index contributed by atoms with van der Waals surface area (Å²) in [5.41, 5.74) is 6.83. The summed E-state index contributed by atoms with van der Waals surface area (Å²) in [6, 6.07) is 4.51. The first kappa shape index (κ1) is 12.7. The zero-order valence-corrected chi connectivity index (χ0v) is 11.1. The van der Waals surface area contributed by atoms with Gasteiger partial charge in [0.15, 0.2) is 0 Å². The Balaban J connectivity index is 1.82. The highest BCUT2D eigenvalue weighted by Crippen LogP contribution is 2.41. The van der Waals surface area contributed by atoms with Crippen molar-refractivity contribution >= 4 is 11.4 Å². The lowest BCUT2D eigenvalue weighted by atomic mass is 9.71. The molecule has 3 N–H and O–H groups in total. The number of anilines is 2. The van der Waals surface area contributed by atoms with Crippen molar-refractivity contribution in [2.75, 3.05) is 23.7 Å². The normalized spacial score (nSPS) is 31.1. The highest BCUT2D eigenvalue weighted by molar-refractivity contribution is 5.67. The van der Waals surface area contributed by atoms with E-state index in [2.05, 4.69) is 4.90 Å². The minimum absolute atomic E-state index is 0.256. The fraction of sp³-hybridized carbons (Fsp3) is 0.600. The highest BCUT2D eigenvalue weighted by Gasteiger charge is 2.42. The number of hydrogen-bond donors (Lipinski definition) is 2. The van der Waals surface area contributed by atoms with Crippen LogP contribution in [0.15, 0.2) is 18.2 Å². The summed E-state index contributed by atoms with van der Waals surface area (Å²) < 4.78 is 13.4. The first-order chi connectivity index (χ1) is 9.08. The van der Waals surface area contributed by atoms with E-state index in [1.165, 1.54) is 18.6 Å². The molecule has 1 heterocycles. The van der Waals surface area contributed by atoms with Gasteiger partial charge in [-0.1, -0.05) is 12.8 Å². The molecular formula is C15H21FN2O. The van der Waals surface area contributed by atoms with Crippen LogP contribution in [0.5, 0.6) is 0 Å². The van der Waals surface area contributed by atoms with Crippen LogP contribution in [0.2, 0.25) is 0 Å². The van der Waals surface area contributed by atoms with Crippen molar-refractivity contribution in [3.8, 4) is 0 Å². The lowest BCUT2D eigenvalue weighted by Gasteiger charge is -2.48. The Hall–Kier alpha value is -1.29. The molecule has 2 fully saturated rings. The van der Waals surface area contributed by atoms with Crippen LogP contribution in [-0.2, 0) is 0 Å². The molecule has 1 saturated carbocycles. The number of nitrogen functional groups attached to an aromatic ring is 1. The Bertz CT molecular complexity index is 479. The standard InChI is InChI=1S/C15H21FN2O/c16-12-4-5-13(17)14(9-12)18-8-7-15(19)6-2-1-3-11(15)10-18/h4-5,9,11,19H,1-3,6-8,10,17H2. The smallest absolute Gasteiger partial charge is 0.125 e. The number of nitrogens with two attached hydrogens (primary N) is 1. The van der Waals surface area contributed by atoms with Crippen molar-refractivity contribution in [2.24, 2.45) is 5.92 Å². The van der Waals surface area contributed by atoms with Crippen LogP contribution in [0.25, 0.3) is 0 Å². The number of nitrogens with zero attached hydrogens (tertiary/aromatic N) is 1. The Morgan fingerprint density at radius 2 is 2.16 bits per heavy atom. The topological polar surface area (TPSA) is 49.5 Å². The van der Waals surface area contributed by atoms with Crippen LogP contribution in [0.3, 0.4) is 0 Å². The molecule has 0 radical (unpaired) electrons. The van der Waals surface area contributed by atoms with Crippen LogP contribution < -0.4 is 10.6 Å². The molecule has 1 aliphatic carbocycles. The van der Waals surface area contributed by atoms with Gasteiger partial charge < -0.3 is 15.7 Å². The van der Waals surface area contributed by atoms with E-state index in [0.29, 0.717) is 5.69 Å². The number of aliphatic hydroxyl groups is 1. The second-order valence-electron chi connectivity index (χ2n) is 5.95. The average molecular weight is 264 g/mol. The van der Waals surface area contributed by atoms with Gasteiger partial charge in [-0.25, -0.2) is 4.39 Å². The molecule has 0 spiro atoms. The molecule has 104 valence electrons. The fourth-order valence-corrected chi connectivity index (χ4v) is 3.58. The van der Waals surface area contributed by atoms with E-state index in [0.717, 1.165) is 44.5 Å². The molecule has 19 heavy (non-hydrogen) atoms. The monoisotopic (exact) mass is 264 g/mol. The van der Waals surface area contributed by atoms with Gasteiger partial charge in [-0.15, -0.1) is 0 Å². The Morgan fingerprint density at radius 1 is 1.32 bits per heavy atom. The number of halogens is 1. The van der Waals surface area contributed by atoms with E-state index in [4.69, 9.17) is 5.73 Å². The maximum atomic E-state index is 13.4. The van der Waals surface area contributed by atoms with E-state index >= 15 is 0 Å². The molecule has 2 aliphatic rings. The summed E-state index contributed by atoms with van der Waals surface area (Å²) in [6.07, 6.45) is 5.02. The predicted octanol–water partition coefficient (Wildman–Crippen LogP) is 2.54. The highest BCUT2D eigenvalue weighted by atomic mass is 19.1.